The molecule has 1 aromatic carbocycles. The summed E-state index contributed by atoms with van der Waals surface area (Å²) in [6, 6.07) is 7.77. The second-order valence-electron chi connectivity index (χ2n) is 6.65. The van der Waals surface area contributed by atoms with Crippen molar-refractivity contribution in [2.45, 2.75) is 13.5 Å². The van der Waals surface area contributed by atoms with E-state index in [1.54, 1.807) is 6.21 Å². The molecule has 0 radical (unpaired) electrons. The summed E-state index contributed by atoms with van der Waals surface area (Å²) in [7, 11) is 1.89. The minimum Gasteiger partial charge on any atom is -0.476 e. The molecule has 1 aromatic heterocycles. The largest absolute Gasteiger partial charge is 0.476 e. The predicted octanol–water partition coefficient (Wildman–Crippen LogP) is 1.42. The molecule has 0 aliphatic carbocycles. The Kier molecular flexibility index (Phi) is 7.16. The zero-order valence-electron chi connectivity index (χ0n) is 16.5. The lowest BCUT2D eigenvalue weighted by molar-refractivity contribution is 0.122. The molecule has 0 bridgehead atoms. The molecule has 150 valence electrons. The Morgan fingerprint density at radius 2 is 2.11 bits per heavy atom. The van der Waals surface area contributed by atoms with Crippen LogP contribution in [0.5, 0.6) is 5.88 Å². The monoisotopic (exact) mass is 384 g/mol. The number of hydrogen-bond donors (Lipinski definition) is 2. The van der Waals surface area contributed by atoms with Gasteiger partial charge in [-0.15, -0.1) is 0 Å². The minimum atomic E-state index is 0.500. The van der Waals surface area contributed by atoms with Crippen LogP contribution in [0.15, 0.2) is 29.3 Å². The number of morpholine rings is 1. The number of rotatable bonds is 8. The fraction of sp³-hybridized carbons (Fsp3) is 0.450. The first-order valence-electron chi connectivity index (χ1n) is 9.49. The molecule has 0 amide bonds. The molecule has 3 rings (SSSR count). The van der Waals surface area contributed by atoms with Crippen molar-refractivity contribution < 1.29 is 9.47 Å². The third kappa shape index (κ3) is 5.64. The highest BCUT2D eigenvalue weighted by Crippen LogP contribution is 2.17. The van der Waals surface area contributed by atoms with Gasteiger partial charge < -0.3 is 25.4 Å². The maximum atomic E-state index is 6.04. The number of aromatic nitrogens is 2. The predicted molar refractivity (Wildman–Crippen MR) is 111 cm³/mol. The first kappa shape index (κ1) is 20.0. The van der Waals surface area contributed by atoms with Crippen molar-refractivity contribution in [3.63, 3.8) is 0 Å². The first-order chi connectivity index (χ1) is 13.7. The number of nitrogens with zero attached hydrogens (tertiary/aromatic N) is 4. The van der Waals surface area contributed by atoms with E-state index in [1.807, 2.05) is 32.2 Å². The molecular weight excluding hydrogens is 356 g/mol. The van der Waals surface area contributed by atoms with Crippen LogP contribution in [0.3, 0.4) is 0 Å². The molecule has 2 heterocycles. The lowest BCUT2D eigenvalue weighted by Gasteiger charge is -2.27. The normalized spacial score (nSPS) is 14.6. The molecule has 1 aliphatic rings. The number of benzene rings is 1. The molecule has 1 fully saturated rings. The van der Waals surface area contributed by atoms with E-state index >= 15 is 0 Å². The molecule has 8 nitrogen and oxygen atoms in total. The third-order valence-corrected chi connectivity index (χ3v) is 4.39. The highest BCUT2D eigenvalue weighted by Gasteiger charge is 2.16. The number of ether oxygens (including phenoxy) is 2. The molecule has 0 spiro atoms. The number of anilines is 2. The molecule has 0 saturated carbocycles. The van der Waals surface area contributed by atoms with Gasteiger partial charge in [-0.1, -0.05) is 17.7 Å². The van der Waals surface area contributed by atoms with Gasteiger partial charge in [0.1, 0.15) is 6.61 Å². The van der Waals surface area contributed by atoms with Gasteiger partial charge in [-0.3, -0.25) is 4.99 Å². The molecule has 0 unspecified atom stereocenters. The van der Waals surface area contributed by atoms with Crippen LogP contribution in [0, 0.1) is 6.92 Å². The molecule has 28 heavy (non-hydrogen) atoms. The van der Waals surface area contributed by atoms with Crippen LogP contribution in [-0.4, -0.2) is 62.7 Å². The summed E-state index contributed by atoms with van der Waals surface area (Å²) >= 11 is 0. The Bertz CT molecular complexity index is 805. The molecular formula is C20H28N6O2. The van der Waals surface area contributed by atoms with Crippen LogP contribution in [0.25, 0.3) is 0 Å². The van der Waals surface area contributed by atoms with Crippen LogP contribution in [0.4, 0.5) is 11.6 Å². The summed E-state index contributed by atoms with van der Waals surface area (Å²) in [5.74, 6) is 1.19. The van der Waals surface area contributed by atoms with Crippen molar-refractivity contribution in [2.75, 3.05) is 57.1 Å². The summed E-state index contributed by atoms with van der Waals surface area (Å²) in [4.78, 5) is 15.8. The smallest absolute Gasteiger partial charge is 0.229 e. The number of likely N-dealkylation sites (N-methyl/N-ethyl adjacent to an activating group) is 1. The molecule has 8 heteroatoms. The van der Waals surface area contributed by atoms with Crippen molar-refractivity contribution in [3.8, 4) is 5.88 Å². The van der Waals surface area contributed by atoms with Crippen molar-refractivity contribution >= 4 is 17.9 Å². The molecule has 1 aliphatic heterocycles. The van der Waals surface area contributed by atoms with Gasteiger partial charge in [-0.05, 0) is 25.6 Å². The quantitative estimate of drug-likeness (QED) is 0.403. The average molecular weight is 384 g/mol. The highest BCUT2D eigenvalue weighted by atomic mass is 16.5. The van der Waals surface area contributed by atoms with Crippen LogP contribution >= 0.6 is 0 Å². The van der Waals surface area contributed by atoms with Crippen molar-refractivity contribution in [1.82, 2.24) is 15.3 Å². The molecule has 1 saturated heterocycles. The Labute approximate surface area is 165 Å². The highest BCUT2D eigenvalue weighted by molar-refractivity contribution is 5.78. The van der Waals surface area contributed by atoms with Crippen molar-refractivity contribution in [1.29, 1.82) is 0 Å². The second-order valence-corrected chi connectivity index (χ2v) is 6.65. The van der Waals surface area contributed by atoms with E-state index in [-0.39, 0.29) is 0 Å². The average Bonchev–Trinajstić information content (AvgIpc) is 2.71. The number of hydrogen-bond acceptors (Lipinski definition) is 8. The van der Waals surface area contributed by atoms with Crippen LogP contribution in [-0.2, 0) is 11.3 Å². The molecule has 2 aromatic rings. The number of aryl methyl sites for hydroxylation is 1. The zero-order valence-corrected chi connectivity index (χ0v) is 16.5. The SMILES string of the molecule is CNCCOc1cc(C=NCc2cc(C)ccc2N)nc(N2CCOCC2)n1. The Hall–Kier alpha value is -2.71. The van der Waals surface area contributed by atoms with Crippen molar-refractivity contribution in [2.24, 2.45) is 4.99 Å². The van der Waals surface area contributed by atoms with Gasteiger partial charge in [0, 0.05) is 37.6 Å². The Morgan fingerprint density at radius 1 is 1.29 bits per heavy atom. The third-order valence-electron chi connectivity index (χ3n) is 4.39. The summed E-state index contributed by atoms with van der Waals surface area (Å²) in [5.41, 5.74) is 9.66. The van der Waals surface area contributed by atoms with Crippen molar-refractivity contribution in [3.05, 3.63) is 41.1 Å². The fourth-order valence-corrected chi connectivity index (χ4v) is 2.84. The van der Waals surface area contributed by atoms with E-state index < -0.39 is 0 Å². The molecule has 0 atom stereocenters. The summed E-state index contributed by atoms with van der Waals surface area (Å²) in [5, 5.41) is 3.06. The zero-order chi connectivity index (χ0) is 19.8. The molecule has 3 N–H and O–H groups in total. The van der Waals surface area contributed by atoms with E-state index in [2.05, 4.69) is 31.2 Å². The van der Waals surface area contributed by atoms with E-state index in [0.29, 0.717) is 43.9 Å². The van der Waals surface area contributed by atoms with E-state index in [0.717, 1.165) is 36.4 Å². The summed E-state index contributed by atoms with van der Waals surface area (Å²) in [6.45, 7) is 6.68. The number of aliphatic imine (C=N–C) groups is 1. The lowest BCUT2D eigenvalue weighted by atomic mass is 10.1. The van der Waals surface area contributed by atoms with Gasteiger partial charge in [0.15, 0.2) is 0 Å². The Balaban J connectivity index is 1.77. The number of nitrogen functional groups attached to an aromatic ring is 1. The van der Waals surface area contributed by atoms with Crippen LogP contribution in [0.2, 0.25) is 0 Å². The standard InChI is InChI=1S/C20H28N6O2/c1-15-3-4-18(21)16(11-15)13-23-14-17-12-19(28-8-5-22-2)25-20(24-17)26-6-9-27-10-7-26/h3-4,11-12,14,22H,5-10,13,21H2,1-2H3. The summed E-state index contributed by atoms with van der Waals surface area (Å²) in [6.07, 6.45) is 1.75. The van der Waals surface area contributed by atoms with Gasteiger partial charge in [0.05, 0.1) is 25.5 Å². The summed E-state index contributed by atoms with van der Waals surface area (Å²) < 4.78 is 11.2. The van der Waals surface area contributed by atoms with Gasteiger partial charge in [-0.2, -0.15) is 4.98 Å². The maximum absolute atomic E-state index is 6.04. The fourth-order valence-electron chi connectivity index (χ4n) is 2.84. The van der Waals surface area contributed by atoms with Crippen LogP contribution in [0.1, 0.15) is 16.8 Å². The first-order valence-corrected chi connectivity index (χ1v) is 9.49. The minimum absolute atomic E-state index is 0.500. The van der Waals surface area contributed by atoms with Gasteiger partial charge in [-0.25, -0.2) is 4.98 Å². The van der Waals surface area contributed by atoms with Gasteiger partial charge >= 0.3 is 0 Å². The second kappa shape index (κ2) is 10.0. The van der Waals surface area contributed by atoms with Crippen LogP contribution < -0.4 is 20.7 Å². The number of nitrogens with two attached hydrogens (primary N) is 1. The lowest BCUT2D eigenvalue weighted by Crippen LogP contribution is -2.37. The van der Waals surface area contributed by atoms with E-state index in [9.17, 15) is 0 Å². The van der Waals surface area contributed by atoms with E-state index in [4.69, 9.17) is 15.2 Å². The Morgan fingerprint density at radius 3 is 2.89 bits per heavy atom. The number of nitrogens with one attached hydrogen (secondary N) is 1. The topological polar surface area (TPSA) is 97.9 Å². The van der Waals surface area contributed by atoms with Gasteiger partial charge in [0.2, 0.25) is 11.8 Å². The van der Waals surface area contributed by atoms with E-state index in [1.165, 1.54) is 0 Å². The van der Waals surface area contributed by atoms with Gasteiger partial charge in [0.25, 0.3) is 0 Å². The maximum Gasteiger partial charge on any atom is 0.229 e.